The first-order valence-electron chi connectivity index (χ1n) is 17.3. The van der Waals surface area contributed by atoms with Crippen LogP contribution in [0.2, 0.25) is 25.7 Å². The number of ether oxygens (including phenoxy) is 5. The first-order chi connectivity index (χ1) is 23.7. The zero-order valence-electron chi connectivity index (χ0n) is 31.0. The third-order valence-corrected chi connectivity index (χ3v) is 11.7. The highest BCUT2D eigenvalue weighted by atomic mass is 32.2. The quantitative estimate of drug-likeness (QED) is 0.0697. The van der Waals surface area contributed by atoms with Gasteiger partial charge in [-0.05, 0) is 59.2 Å². The lowest BCUT2D eigenvalue weighted by Crippen LogP contribution is -2.43. The van der Waals surface area contributed by atoms with Gasteiger partial charge in [-0.2, -0.15) is 0 Å². The van der Waals surface area contributed by atoms with Gasteiger partial charge in [-0.1, -0.05) is 30.9 Å². The van der Waals surface area contributed by atoms with Crippen LogP contribution in [0.15, 0.2) is 41.1 Å². The van der Waals surface area contributed by atoms with Crippen molar-refractivity contribution in [2.75, 3.05) is 40.1 Å². The summed E-state index contributed by atoms with van der Waals surface area (Å²) in [6, 6.07) is 10.4. The Morgan fingerprint density at radius 3 is 2.48 bits per heavy atom. The Labute approximate surface area is 299 Å². The minimum absolute atomic E-state index is 0.225. The van der Waals surface area contributed by atoms with Crippen LogP contribution in [0.5, 0.6) is 5.75 Å². The second kappa shape index (κ2) is 16.2. The van der Waals surface area contributed by atoms with E-state index in [-0.39, 0.29) is 13.3 Å². The Bertz CT molecular complexity index is 1710. The summed E-state index contributed by atoms with van der Waals surface area (Å²) in [7, 11) is 0.354. The van der Waals surface area contributed by atoms with E-state index in [1.54, 1.807) is 7.11 Å². The van der Waals surface area contributed by atoms with E-state index >= 15 is 0 Å². The summed E-state index contributed by atoms with van der Waals surface area (Å²) in [5, 5.41) is 5.14. The monoisotopic (exact) mass is 727 g/mol. The molecule has 0 saturated carbocycles. The molecule has 1 unspecified atom stereocenters. The molecule has 5 rings (SSSR count). The molecule has 0 bridgehead atoms. The van der Waals surface area contributed by atoms with Gasteiger partial charge in [0.05, 0.1) is 38.1 Å². The molecule has 14 heteroatoms. The molecular formula is C36H53N5O7SSi. The molecule has 1 fully saturated rings. The highest BCUT2D eigenvalue weighted by Gasteiger charge is 2.41. The SMILES string of the molecule is COc1cc2nc(C)ccc2cc1-c1cn(COCC[Si](C)(C)C)c(C(COCCCC2(c3cc(C)on3)OCCO2)N[S@+]([O-])C(C)(C)C)n1. The van der Waals surface area contributed by atoms with Crippen molar-refractivity contribution >= 4 is 30.3 Å². The first-order valence-corrected chi connectivity index (χ1v) is 22.1. The molecule has 0 spiro atoms. The predicted molar refractivity (Wildman–Crippen MR) is 197 cm³/mol. The van der Waals surface area contributed by atoms with Gasteiger partial charge in [0.2, 0.25) is 5.79 Å². The number of pyridine rings is 1. The van der Waals surface area contributed by atoms with Gasteiger partial charge in [0.25, 0.3) is 0 Å². The maximum atomic E-state index is 13.6. The fraction of sp³-hybridized carbons (Fsp3) is 0.583. The molecule has 12 nitrogen and oxygen atoms in total. The normalized spacial score (nSPS) is 16.3. The van der Waals surface area contributed by atoms with E-state index in [2.05, 4.69) is 46.6 Å². The summed E-state index contributed by atoms with van der Waals surface area (Å²) < 4.78 is 54.0. The van der Waals surface area contributed by atoms with Crippen molar-refractivity contribution in [3.8, 4) is 17.0 Å². The van der Waals surface area contributed by atoms with Gasteiger partial charge in [-0.15, -0.1) is 4.72 Å². The zero-order valence-corrected chi connectivity index (χ0v) is 32.8. The maximum absolute atomic E-state index is 13.6. The summed E-state index contributed by atoms with van der Waals surface area (Å²) in [5.41, 5.74) is 3.95. The molecule has 274 valence electrons. The van der Waals surface area contributed by atoms with E-state index in [4.69, 9.17) is 33.2 Å². The number of rotatable bonds is 17. The maximum Gasteiger partial charge on any atom is 0.216 e. The van der Waals surface area contributed by atoms with E-state index in [0.717, 1.165) is 28.2 Å². The van der Waals surface area contributed by atoms with Crippen LogP contribution in [0.1, 0.15) is 62.6 Å². The Balaban J connectivity index is 1.41. The van der Waals surface area contributed by atoms with Gasteiger partial charge < -0.3 is 37.3 Å². The van der Waals surface area contributed by atoms with E-state index in [9.17, 15) is 4.55 Å². The van der Waals surface area contributed by atoms with Crippen LogP contribution in [0, 0.1) is 13.8 Å². The number of hydrogen-bond donors (Lipinski definition) is 1. The molecule has 0 radical (unpaired) electrons. The molecule has 3 aromatic heterocycles. The van der Waals surface area contributed by atoms with Crippen molar-refractivity contribution in [2.24, 2.45) is 0 Å². The van der Waals surface area contributed by atoms with Crippen molar-refractivity contribution in [3.63, 3.8) is 0 Å². The van der Waals surface area contributed by atoms with Crippen molar-refractivity contribution < 1.29 is 32.8 Å². The molecule has 4 aromatic rings. The highest BCUT2D eigenvalue weighted by Crippen LogP contribution is 2.37. The predicted octanol–water partition coefficient (Wildman–Crippen LogP) is 6.81. The average Bonchev–Trinajstić information content (AvgIpc) is 3.81. The van der Waals surface area contributed by atoms with Crippen LogP contribution in [-0.2, 0) is 42.8 Å². The molecule has 0 aliphatic carbocycles. The van der Waals surface area contributed by atoms with E-state index in [0.29, 0.717) is 68.0 Å². The highest BCUT2D eigenvalue weighted by molar-refractivity contribution is 7.90. The molecule has 1 N–H and O–H groups in total. The minimum atomic E-state index is -1.41. The van der Waals surface area contributed by atoms with Crippen LogP contribution in [0.3, 0.4) is 0 Å². The number of nitrogens with one attached hydrogen (secondary N) is 1. The molecule has 1 saturated heterocycles. The number of nitrogens with zero attached hydrogens (tertiary/aromatic N) is 4. The molecule has 50 heavy (non-hydrogen) atoms. The van der Waals surface area contributed by atoms with Crippen molar-refractivity contribution in [1.82, 2.24) is 24.4 Å². The number of fused-ring (bicyclic) bond motifs is 1. The van der Waals surface area contributed by atoms with Crippen LogP contribution < -0.4 is 9.46 Å². The average molecular weight is 728 g/mol. The summed E-state index contributed by atoms with van der Waals surface area (Å²) in [4.78, 5) is 9.83. The topological polar surface area (TPSA) is 138 Å². The van der Waals surface area contributed by atoms with Gasteiger partial charge in [0.1, 0.15) is 40.5 Å². The third-order valence-electron chi connectivity index (χ3n) is 8.43. The van der Waals surface area contributed by atoms with Crippen molar-refractivity contribution in [2.45, 2.75) is 96.5 Å². The van der Waals surface area contributed by atoms with Crippen molar-refractivity contribution in [3.05, 3.63) is 59.5 Å². The fourth-order valence-electron chi connectivity index (χ4n) is 5.60. The largest absolute Gasteiger partial charge is 0.598 e. The lowest BCUT2D eigenvalue weighted by molar-refractivity contribution is -0.177. The molecule has 0 amide bonds. The van der Waals surface area contributed by atoms with E-state index < -0.39 is 36.0 Å². The molecule has 1 aliphatic heterocycles. The van der Waals surface area contributed by atoms with Crippen LogP contribution >= 0.6 is 0 Å². The fourth-order valence-corrected chi connectivity index (χ4v) is 7.14. The third kappa shape index (κ3) is 9.73. The standard InChI is InChI=1S/C36H53N5O7SSi/c1-25-11-12-27-20-28(32(43-6)21-29(27)37-25)30-22-41(24-45-17-18-50(7,8)9)34(38-30)31(40-49(42)35(3,4)5)23-44-14-10-13-36(46-15-16-47-36)33-19-26(2)48-39-33/h11-12,19-22,31,40H,10,13-18,23-24H2,1-9H3/t31?,49-/m1/s1. The molecule has 1 aromatic carbocycles. The Morgan fingerprint density at radius 2 is 1.82 bits per heavy atom. The van der Waals surface area contributed by atoms with E-state index in [1.165, 1.54) is 0 Å². The minimum Gasteiger partial charge on any atom is -0.598 e. The second-order valence-corrected chi connectivity index (χ2v) is 22.6. The Morgan fingerprint density at radius 1 is 1.06 bits per heavy atom. The molecule has 2 atom stereocenters. The zero-order chi connectivity index (χ0) is 36.1. The number of hydrogen-bond acceptors (Lipinski definition) is 11. The van der Waals surface area contributed by atoms with Crippen LogP contribution in [0.4, 0.5) is 0 Å². The summed E-state index contributed by atoms with van der Waals surface area (Å²) >= 11 is -1.41. The van der Waals surface area contributed by atoms with Gasteiger partial charge in [-0.3, -0.25) is 4.98 Å². The number of aryl methyl sites for hydroxylation is 2. The van der Waals surface area contributed by atoms with E-state index in [1.807, 2.05) is 63.6 Å². The number of methoxy groups -OCH3 is 1. The Hall–Kier alpha value is -2.82. The first kappa shape index (κ1) is 38.4. The van der Waals surface area contributed by atoms with Crippen LogP contribution in [-0.4, -0.2) is 77.2 Å². The van der Waals surface area contributed by atoms with Gasteiger partial charge in [0.15, 0.2) is 0 Å². The summed E-state index contributed by atoms with van der Waals surface area (Å²) in [5.74, 6) is 1.07. The number of aromatic nitrogens is 4. The van der Waals surface area contributed by atoms with Gasteiger partial charge in [0, 0.05) is 74.0 Å². The summed E-state index contributed by atoms with van der Waals surface area (Å²) in [6.07, 6.45) is 3.16. The van der Waals surface area contributed by atoms with Gasteiger partial charge >= 0.3 is 0 Å². The smallest absolute Gasteiger partial charge is 0.216 e. The molecular weight excluding hydrogens is 675 g/mol. The lowest BCUT2D eigenvalue weighted by Gasteiger charge is -2.28. The lowest BCUT2D eigenvalue weighted by atomic mass is 10.1. The molecule has 1 aliphatic rings. The summed E-state index contributed by atoms with van der Waals surface area (Å²) in [6.45, 7) is 19.2. The molecule has 4 heterocycles. The number of imidazole rings is 1. The van der Waals surface area contributed by atoms with Crippen LogP contribution in [0.25, 0.3) is 22.2 Å². The second-order valence-electron chi connectivity index (χ2n) is 15.0. The van der Waals surface area contributed by atoms with Crippen molar-refractivity contribution in [1.29, 1.82) is 0 Å². The Kier molecular flexibility index (Phi) is 12.5. The number of benzene rings is 1. The van der Waals surface area contributed by atoms with Gasteiger partial charge in [-0.25, -0.2) is 4.98 Å².